The van der Waals surface area contributed by atoms with Crippen LogP contribution >= 0.6 is 0 Å². The van der Waals surface area contributed by atoms with Crippen LogP contribution in [0.3, 0.4) is 0 Å². The van der Waals surface area contributed by atoms with Crippen molar-refractivity contribution >= 4 is 5.97 Å². The molecule has 0 aliphatic heterocycles. The van der Waals surface area contributed by atoms with E-state index < -0.39 is 10.8 Å². The topological polar surface area (TPSA) is 62.1 Å². The Kier molecular flexibility index (Phi) is 9.01. The van der Waals surface area contributed by atoms with Crippen molar-refractivity contribution in [2.24, 2.45) is 0 Å². The number of benzene rings is 3. The molecule has 0 aliphatic carbocycles. The molecule has 0 saturated heterocycles. The summed E-state index contributed by atoms with van der Waals surface area (Å²) in [6.45, 7) is 3.39. The molecule has 0 heterocycles. The summed E-state index contributed by atoms with van der Waals surface area (Å²) < 4.78 is 5.26. The summed E-state index contributed by atoms with van der Waals surface area (Å²) in [7, 11) is 1.46. The fourth-order valence-corrected chi connectivity index (χ4v) is 4.90. The Morgan fingerprint density at radius 3 is 1.71 bits per heavy atom. The second-order valence-corrected chi connectivity index (χ2v) is 8.69. The van der Waals surface area contributed by atoms with E-state index in [1.165, 1.54) is 7.11 Å². The highest BCUT2D eigenvalue weighted by atomic mass is 16.5. The van der Waals surface area contributed by atoms with Crippen LogP contribution in [0, 0.1) is 11.3 Å². The number of nitrogens with zero attached hydrogens (tertiary/aromatic N) is 1. The minimum absolute atomic E-state index is 0.192. The van der Waals surface area contributed by atoms with Gasteiger partial charge in [-0.3, -0.25) is 4.79 Å². The summed E-state index contributed by atoms with van der Waals surface area (Å²) in [5.74, 6) is -0.192. The number of esters is 1. The lowest BCUT2D eigenvalue weighted by Crippen LogP contribution is -2.40. The van der Waals surface area contributed by atoms with E-state index in [0.717, 1.165) is 29.5 Å². The maximum Gasteiger partial charge on any atom is 0.316 e. The van der Waals surface area contributed by atoms with Gasteiger partial charge in [0.2, 0.25) is 0 Å². The summed E-state index contributed by atoms with van der Waals surface area (Å²) in [4.78, 5) is 13.0. The first-order chi connectivity index (χ1) is 16.6. The first kappa shape index (κ1) is 25.2. The summed E-state index contributed by atoms with van der Waals surface area (Å²) in [5.41, 5.74) is 1.56. The van der Waals surface area contributed by atoms with Crippen molar-refractivity contribution in [1.29, 1.82) is 5.26 Å². The van der Waals surface area contributed by atoms with Crippen molar-refractivity contribution in [3.8, 4) is 6.07 Å². The van der Waals surface area contributed by atoms with Gasteiger partial charge in [-0.2, -0.15) is 5.26 Å². The second-order valence-electron chi connectivity index (χ2n) is 8.69. The minimum atomic E-state index is -0.738. The molecule has 1 unspecified atom stereocenters. The molecule has 1 atom stereocenters. The number of nitrogens with one attached hydrogen (secondary N) is 1. The fourth-order valence-electron chi connectivity index (χ4n) is 4.90. The number of nitriles is 1. The van der Waals surface area contributed by atoms with E-state index >= 15 is 0 Å². The van der Waals surface area contributed by atoms with E-state index in [2.05, 4.69) is 18.3 Å². The quantitative estimate of drug-likeness (QED) is 0.278. The van der Waals surface area contributed by atoms with E-state index in [1.807, 2.05) is 91.0 Å². The molecule has 0 bridgehead atoms. The third-order valence-corrected chi connectivity index (χ3v) is 6.71. The van der Waals surface area contributed by atoms with Gasteiger partial charge in [-0.15, -0.1) is 0 Å². The van der Waals surface area contributed by atoms with Crippen LogP contribution in [0.5, 0.6) is 0 Å². The molecule has 4 nitrogen and oxygen atoms in total. The van der Waals surface area contributed by atoms with Crippen LogP contribution in [0.25, 0.3) is 0 Å². The standard InChI is InChI=1S/C30H34N2O2/c1-3-19-29(28(33)34-2,25-13-7-4-8-14-25)20-22-32-23-21-30(24-31,26-15-9-5-10-16-26)27-17-11-6-12-18-27/h4-18,32H,3,19-23H2,1-2H3. The molecule has 34 heavy (non-hydrogen) atoms. The van der Waals surface area contributed by atoms with Gasteiger partial charge in [0.05, 0.1) is 18.6 Å². The molecule has 0 fully saturated rings. The van der Waals surface area contributed by atoms with Crippen LogP contribution in [0.15, 0.2) is 91.0 Å². The van der Waals surface area contributed by atoms with Crippen LogP contribution < -0.4 is 5.32 Å². The number of hydrogen-bond donors (Lipinski definition) is 1. The third kappa shape index (κ3) is 5.38. The van der Waals surface area contributed by atoms with Crippen molar-refractivity contribution in [2.75, 3.05) is 20.2 Å². The number of rotatable bonds is 12. The number of carbonyl (C=O) groups excluding carboxylic acids is 1. The van der Waals surface area contributed by atoms with E-state index in [9.17, 15) is 10.1 Å². The Balaban J connectivity index is 1.76. The monoisotopic (exact) mass is 454 g/mol. The number of hydrogen-bond acceptors (Lipinski definition) is 4. The molecule has 3 aromatic rings. The molecule has 4 heteroatoms. The van der Waals surface area contributed by atoms with Gasteiger partial charge in [-0.05, 0) is 49.0 Å². The lowest BCUT2D eigenvalue weighted by Gasteiger charge is -2.32. The lowest BCUT2D eigenvalue weighted by atomic mass is 9.73. The molecular weight excluding hydrogens is 420 g/mol. The Morgan fingerprint density at radius 1 is 0.794 bits per heavy atom. The zero-order valence-corrected chi connectivity index (χ0v) is 20.2. The van der Waals surface area contributed by atoms with Crippen molar-refractivity contribution in [3.63, 3.8) is 0 Å². The molecule has 1 N–H and O–H groups in total. The highest BCUT2D eigenvalue weighted by molar-refractivity contribution is 5.83. The van der Waals surface area contributed by atoms with Crippen molar-refractivity contribution in [1.82, 2.24) is 5.32 Å². The van der Waals surface area contributed by atoms with Gasteiger partial charge in [-0.1, -0.05) is 104 Å². The molecular formula is C30H34N2O2. The molecule has 176 valence electrons. The van der Waals surface area contributed by atoms with Gasteiger partial charge in [0.15, 0.2) is 0 Å². The maximum atomic E-state index is 13.0. The molecule has 0 amide bonds. The van der Waals surface area contributed by atoms with Crippen molar-refractivity contribution in [2.45, 2.75) is 43.4 Å². The summed E-state index contributed by atoms with van der Waals surface area (Å²) in [5, 5.41) is 13.9. The van der Waals surface area contributed by atoms with E-state index in [0.29, 0.717) is 25.9 Å². The van der Waals surface area contributed by atoms with Gasteiger partial charge < -0.3 is 10.1 Å². The van der Waals surface area contributed by atoms with Crippen LogP contribution in [-0.4, -0.2) is 26.2 Å². The van der Waals surface area contributed by atoms with Gasteiger partial charge in [0.25, 0.3) is 0 Å². The first-order valence-corrected chi connectivity index (χ1v) is 12.0. The third-order valence-electron chi connectivity index (χ3n) is 6.71. The summed E-state index contributed by atoms with van der Waals surface area (Å²) in [6.07, 6.45) is 2.86. The Bertz CT molecular complexity index is 1020. The predicted octanol–water partition coefficient (Wildman–Crippen LogP) is 5.78. The van der Waals surface area contributed by atoms with Crippen LogP contribution in [0.1, 0.15) is 49.3 Å². The van der Waals surface area contributed by atoms with Gasteiger partial charge >= 0.3 is 5.97 Å². The molecule has 0 aromatic heterocycles. The van der Waals surface area contributed by atoms with Crippen LogP contribution in [-0.2, 0) is 20.4 Å². The fraction of sp³-hybridized carbons (Fsp3) is 0.333. The highest BCUT2D eigenvalue weighted by Gasteiger charge is 2.40. The zero-order valence-electron chi connectivity index (χ0n) is 20.2. The Labute approximate surface area is 203 Å². The molecule has 0 radical (unpaired) electrons. The first-order valence-electron chi connectivity index (χ1n) is 12.0. The van der Waals surface area contributed by atoms with Crippen molar-refractivity contribution in [3.05, 3.63) is 108 Å². The van der Waals surface area contributed by atoms with Crippen molar-refractivity contribution < 1.29 is 9.53 Å². The van der Waals surface area contributed by atoms with E-state index in [-0.39, 0.29) is 5.97 Å². The Hall–Kier alpha value is -3.42. The highest BCUT2D eigenvalue weighted by Crippen LogP contribution is 2.36. The Morgan fingerprint density at radius 2 is 1.26 bits per heavy atom. The maximum absolute atomic E-state index is 13.0. The normalized spacial score (nSPS) is 13.0. The molecule has 3 aromatic carbocycles. The SMILES string of the molecule is CCCC(CCNCCC(C#N)(c1ccccc1)c1ccccc1)(C(=O)OC)c1ccccc1. The number of methoxy groups -OCH3 is 1. The molecule has 0 aliphatic rings. The van der Waals surface area contributed by atoms with Gasteiger partial charge in [0, 0.05) is 0 Å². The zero-order chi connectivity index (χ0) is 24.3. The lowest BCUT2D eigenvalue weighted by molar-refractivity contribution is -0.148. The van der Waals surface area contributed by atoms with Crippen LogP contribution in [0.4, 0.5) is 0 Å². The molecule has 0 spiro atoms. The molecule has 3 rings (SSSR count). The average Bonchev–Trinajstić information content (AvgIpc) is 2.91. The number of carbonyl (C=O) groups is 1. The average molecular weight is 455 g/mol. The van der Waals surface area contributed by atoms with E-state index in [4.69, 9.17) is 4.74 Å². The smallest absolute Gasteiger partial charge is 0.316 e. The largest absolute Gasteiger partial charge is 0.468 e. The van der Waals surface area contributed by atoms with E-state index in [1.54, 1.807) is 0 Å². The van der Waals surface area contributed by atoms with Gasteiger partial charge in [-0.25, -0.2) is 0 Å². The summed E-state index contributed by atoms with van der Waals surface area (Å²) in [6, 6.07) is 32.5. The number of ether oxygens (including phenoxy) is 1. The summed E-state index contributed by atoms with van der Waals surface area (Å²) >= 11 is 0. The van der Waals surface area contributed by atoms with Gasteiger partial charge in [0.1, 0.15) is 5.41 Å². The van der Waals surface area contributed by atoms with Crippen LogP contribution in [0.2, 0.25) is 0 Å². The second kappa shape index (κ2) is 12.2. The molecule has 0 saturated carbocycles. The predicted molar refractivity (Wildman–Crippen MR) is 136 cm³/mol. The minimum Gasteiger partial charge on any atom is -0.468 e.